The molecule has 0 radical (unpaired) electrons. The summed E-state index contributed by atoms with van der Waals surface area (Å²) in [4.78, 5) is 24.9. The summed E-state index contributed by atoms with van der Waals surface area (Å²) in [5, 5.41) is 9.63. The van der Waals surface area contributed by atoms with Gasteiger partial charge in [-0.15, -0.1) is 0 Å². The van der Waals surface area contributed by atoms with Gasteiger partial charge in [0.2, 0.25) is 5.88 Å². The van der Waals surface area contributed by atoms with Crippen LogP contribution in [0, 0.1) is 6.92 Å². The summed E-state index contributed by atoms with van der Waals surface area (Å²) in [5.74, 6) is -0.864. The number of nitrogens with zero attached hydrogens (tertiary/aromatic N) is 1. The van der Waals surface area contributed by atoms with Gasteiger partial charge in [-0.2, -0.15) is 13.2 Å². The molecule has 1 heterocycles. The molecule has 112 valence electrons. The first kappa shape index (κ1) is 15.2. The Morgan fingerprint density at radius 2 is 1.90 bits per heavy atom. The molecule has 0 saturated heterocycles. The normalized spacial score (nSPS) is 11.7. The first-order chi connectivity index (χ1) is 9.62. The van der Waals surface area contributed by atoms with Crippen molar-refractivity contribution in [2.45, 2.75) is 13.1 Å². The van der Waals surface area contributed by atoms with Gasteiger partial charge in [-0.25, -0.2) is 9.36 Å². The first-order valence-corrected chi connectivity index (χ1v) is 5.92. The van der Waals surface area contributed by atoms with E-state index in [0.717, 1.165) is 12.1 Å². The van der Waals surface area contributed by atoms with E-state index in [9.17, 15) is 27.9 Å². The van der Waals surface area contributed by atoms with Crippen molar-refractivity contribution in [1.82, 2.24) is 9.55 Å². The molecule has 0 atom stereocenters. The highest BCUT2D eigenvalue weighted by molar-refractivity contribution is 6.30. The van der Waals surface area contributed by atoms with E-state index >= 15 is 0 Å². The molecule has 1 aromatic carbocycles. The topological polar surface area (TPSA) is 75.1 Å². The van der Waals surface area contributed by atoms with Crippen LogP contribution in [0.2, 0.25) is 5.02 Å². The lowest BCUT2D eigenvalue weighted by Gasteiger charge is -2.16. The number of rotatable bonds is 1. The number of hydrogen-bond donors (Lipinski definition) is 2. The molecule has 0 spiro atoms. The van der Waals surface area contributed by atoms with Crippen LogP contribution in [0.25, 0.3) is 5.69 Å². The van der Waals surface area contributed by atoms with Crippen LogP contribution in [-0.2, 0) is 6.18 Å². The van der Waals surface area contributed by atoms with E-state index in [-0.39, 0.29) is 10.6 Å². The molecular weight excluding hydrogens is 313 g/mol. The average molecular weight is 321 g/mol. The highest BCUT2D eigenvalue weighted by Gasteiger charge is 2.35. The molecule has 0 unspecified atom stereocenters. The zero-order valence-corrected chi connectivity index (χ0v) is 11.2. The Labute approximate surface area is 120 Å². The molecule has 0 saturated carbocycles. The molecule has 0 amide bonds. The third-order valence-corrected chi connectivity index (χ3v) is 3.05. The molecule has 9 heteroatoms. The smallest absolute Gasteiger partial charge is 0.418 e. The monoisotopic (exact) mass is 320 g/mol. The van der Waals surface area contributed by atoms with Crippen molar-refractivity contribution in [3.05, 3.63) is 55.2 Å². The van der Waals surface area contributed by atoms with Crippen molar-refractivity contribution in [2.75, 3.05) is 0 Å². The summed E-state index contributed by atoms with van der Waals surface area (Å²) in [6.45, 7) is 1.17. The molecule has 0 fully saturated rings. The summed E-state index contributed by atoms with van der Waals surface area (Å²) >= 11 is 5.54. The minimum Gasteiger partial charge on any atom is -0.494 e. The van der Waals surface area contributed by atoms with E-state index in [1.54, 1.807) is 0 Å². The minimum absolute atomic E-state index is 0.181. The van der Waals surface area contributed by atoms with Crippen LogP contribution < -0.4 is 11.2 Å². The first-order valence-electron chi connectivity index (χ1n) is 5.55. The van der Waals surface area contributed by atoms with Gasteiger partial charge >= 0.3 is 11.9 Å². The largest absolute Gasteiger partial charge is 0.494 e. The summed E-state index contributed by atoms with van der Waals surface area (Å²) < 4.78 is 39.5. The summed E-state index contributed by atoms with van der Waals surface area (Å²) in [6, 6.07) is 2.70. The second kappa shape index (κ2) is 4.96. The fraction of sp³-hybridized carbons (Fsp3) is 0.167. The Morgan fingerprint density at radius 3 is 2.48 bits per heavy atom. The summed E-state index contributed by atoms with van der Waals surface area (Å²) in [7, 11) is 0. The van der Waals surface area contributed by atoms with Crippen LogP contribution in [0.1, 0.15) is 11.1 Å². The lowest BCUT2D eigenvalue weighted by Crippen LogP contribution is -2.31. The molecule has 0 aliphatic carbocycles. The number of nitrogens with one attached hydrogen (secondary N) is 1. The van der Waals surface area contributed by atoms with E-state index in [2.05, 4.69) is 0 Å². The van der Waals surface area contributed by atoms with Crippen molar-refractivity contribution >= 4 is 11.6 Å². The van der Waals surface area contributed by atoms with Gasteiger partial charge in [0.05, 0.1) is 16.8 Å². The predicted molar refractivity (Wildman–Crippen MR) is 69.1 cm³/mol. The van der Waals surface area contributed by atoms with Crippen LogP contribution in [0.4, 0.5) is 13.2 Å². The molecule has 0 bridgehead atoms. The van der Waals surface area contributed by atoms with E-state index in [1.165, 1.54) is 6.92 Å². The van der Waals surface area contributed by atoms with Gasteiger partial charge in [0.1, 0.15) is 0 Å². The zero-order chi connectivity index (χ0) is 15.9. The number of benzene rings is 1. The van der Waals surface area contributed by atoms with E-state index in [4.69, 9.17) is 11.6 Å². The second-order valence-corrected chi connectivity index (χ2v) is 4.64. The van der Waals surface area contributed by atoms with E-state index in [0.29, 0.717) is 10.6 Å². The van der Waals surface area contributed by atoms with Crippen LogP contribution in [0.5, 0.6) is 5.88 Å². The maximum atomic E-state index is 13.0. The van der Waals surface area contributed by atoms with Gasteiger partial charge in [-0.1, -0.05) is 11.6 Å². The van der Waals surface area contributed by atoms with Crippen LogP contribution in [0.3, 0.4) is 0 Å². The third kappa shape index (κ3) is 2.66. The zero-order valence-electron chi connectivity index (χ0n) is 10.5. The fourth-order valence-corrected chi connectivity index (χ4v) is 1.94. The van der Waals surface area contributed by atoms with Crippen LogP contribution >= 0.6 is 11.6 Å². The number of alkyl halides is 3. The quantitative estimate of drug-likeness (QED) is 0.846. The molecule has 0 aliphatic heterocycles. The number of aromatic hydroxyl groups is 1. The van der Waals surface area contributed by atoms with Gasteiger partial charge in [0, 0.05) is 5.02 Å². The van der Waals surface area contributed by atoms with E-state index < -0.39 is 34.6 Å². The van der Waals surface area contributed by atoms with Crippen molar-refractivity contribution in [2.24, 2.45) is 0 Å². The average Bonchev–Trinajstić information content (AvgIpc) is 2.36. The highest BCUT2D eigenvalue weighted by atomic mass is 35.5. The van der Waals surface area contributed by atoms with Gasteiger partial charge in [0.15, 0.2) is 0 Å². The number of H-pyrrole nitrogens is 1. The van der Waals surface area contributed by atoms with Gasteiger partial charge < -0.3 is 5.11 Å². The fourth-order valence-electron chi connectivity index (χ4n) is 1.77. The third-order valence-electron chi connectivity index (χ3n) is 2.82. The van der Waals surface area contributed by atoms with E-state index in [1.807, 2.05) is 4.98 Å². The van der Waals surface area contributed by atoms with Crippen LogP contribution in [-0.4, -0.2) is 14.7 Å². The second-order valence-electron chi connectivity index (χ2n) is 4.20. The van der Waals surface area contributed by atoms with Crippen molar-refractivity contribution < 1.29 is 18.3 Å². The molecular formula is C12H8ClF3N2O3. The Balaban J connectivity index is 2.90. The Morgan fingerprint density at radius 1 is 1.29 bits per heavy atom. The Kier molecular flexibility index (Phi) is 3.58. The molecule has 2 aromatic rings. The van der Waals surface area contributed by atoms with Crippen molar-refractivity contribution in [1.29, 1.82) is 0 Å². The van der Waals surface area contributed by atoms with Crippen molar-refractivity contribution in [3.8, 4) is 11.6 Å². The number of halogens is 4. The highest BCUT2D eigenvalue weighted by Crippen LogP contribution is 2.36. The molecule has 5 nitrogen and oxygen atoms in total. The molecule has 2 rings (SSSR count). The standard InChI is InChI=1S/C12H8ClF3N2O3/c1-5-9(19)17-11(21)18(10(5)20)8-3-2-6(13)4-7(8)12(14,15)16/h2-4,20H,1H3,(H,17,19,21). The number of hydrogen-bond acceptors (Lipinski definition) is 3. The maximum absolute atomic E-state index is 13.0. The predicted octanol–water partition coefficient (Wildman–Crippen LogP) is 2.21. The lowest BCUT2D eigenvalue weighted by atomic mass is 10.1. The van der Waals surface area contributed by atoms with Gasteiger partial charge in [-0.05, 0) is 25.1 Å². The number of aromatic nitrogens is 2. The SMILES string of the molecule is Cc1c(O)n(-c2ccc(Cl)cc2C(F)(F)F)c(=O)[nH]c1=O. The minimum atomic E-state index is -4.80. The molecule has 1 aromatic heterocycles. The van der Waals surface area contributed by atoms with Gasteiger partial charge in [-0.3, -0.25) is 9.78 Å². The summed E-state index contributed by atoms with van der Waals surface area (Å²) in [6.07, 6.45) is -4.80. The maximum Gasteiger partial charge on any atom is 0.418 e. The number of aromatic amines is 1. The van der Waals surface area contributed by atoms with Crippen molar-refractivity contribution in [3.63, 3.8) is 0 Å². The summed E-state index contributed by atoms with van der Waals surface area (Å²) in [5.41, 5.74) is -4.18. The lowest BCUT2D eigenvalue weighted by molar-refractivity contribution is -0.137. The van der Waals surface area contributed by atoms with Gasteiger partial charge in [0.25, 0.3) is 5.56 Å². The van der Waals surface area contributed by atoms with Crippen LogP contribution in [0.15, 0.2) is 27.8 Å². The molecule has 21 heavy (non-hydrogen) atoms. The molecule has 2 N–H and O–H groups in total. The molecule has 0 aliphatic rings. The Bertz CT molecular complexity index is 824. The Hall–Kier alpha value is -2.22.